The molecule has 0 saturated heterocycles. The number of nitrogens with zero attached hydrogens (tertiary/aromatic N) is 2. The first kappa shape index (κ1) is 17.3. The number of hydrogen-bond donors (Lipinski definition) is 0. The van der Waals surface area contributed by atoms with Gasteiger partial charge in [0.2, 0.25) is 0 Å². The molecule has 0 aliphatic carbocycles. The lowest BCUT2D eigenvalue weighted by Gasteiger charge is -2.07. The summed E-state index contributed by atoms with van der Waals surface area (Å²) >= 11 is 5.95. The molecule has 0 atom stereocenters. The number of alkyl halides is 3. The fourth-order valence-electron chi connectivity index (χ4n) is 2.44. The third-order valence-electron chi connectivity index (χ3n) is 3.53. The van der Waals surface area contributed by atoms with Gasteiger partial charge in [-0.25, -0.2) is 9.78 Å². The van der Waals surface area contributed by atoms with Crippen LogP contribution in [0.25, 0.3) is 16.9 Å². The minimum atomic E-state index is -4.52. The van der Waals surface area contributed by atoms with Crippen molar-refractivity contribution in [2.24, 2.45) is 0 Å². The Morgan fingerprint density at radius 3 is 2.68 bits per heavy atom. The molecule has 1 aromatic carbocycles. The first-order chi connectivity index (χ1) is 11.8. The summed E-state index contributed by atoms with van der Waals surface area (Å²) in [5, 5.41) is -0.130. The Morgan fingerprint density at radius 1 is 1.28 bits per heavy atom. The van der Waals surface area contributed by atoms with E-state index in [4.69, 9.17) is 16.3 Å². The molecule has 2 aromatic heterocycles. The summed E-state index contributed by atoms with van der Waals surface area (Å²) in [6, 6.07) is 7.41. The van der Waals surface area contributed by atoms with Crippen molar-refractivity contribution in [3.05, 3.63) is 58.9 Å². The Labute approximate surface area is 145 Å². The number of aromatic nitrogens is 2. The predicted octanol–water partition coefficient (Wildman–Crippen LogP) is 4.85. The van der Waals surface area contributed by atoms with E-state index in [2.05, 4.69) is 4.98 Å². The van der Waals surface area contributed by atoms with E-state index in [1.165, 1.54) is 10.6 Å². The molecule has 4 nitrogen and oxygen atoms in total. The van der Waals surface area contributed by atoms with Crippen LogP contribution in [0.3, 0.4) is 0 Å². The molecule has 0 aliphatic rings. The quantitative estimate of drug-likeness (QED) is 0.621. The fourth-order valence-corrected chi connectivity index (χ4v) is 2.69. The molecule has 3 rings (SSSR count). The minimum Gasteiger partial charge on any atom is -0.462 e. The number of benzene rings is 1. The zero-order chi connectivity index (χ0) is 18.2. The van der Waals surface area contributed by atoms with Crippen molar-refractivity contribution in [3.8, 4) is 11.3 Å². The van der Waals surface area contributed by atoms with Crippen LogP contribution in [0, 0.1) is 0 Å². The molecule has 3 aromatic rings. The molecule has 0 unspecified atom stereocenters. The first-order valence-corrected chi connectivity index (χ1v) is 7.71. The van der Waals surface area contributed by atoms with Gasteiger partial charge in [-0.2, -0.15) is 13.2 Å². The van der Waals surface area contributed by atoms with Gasteiger partial charge < -0.3 is 9.14 Å². The summed E-state index contributed by atoms with van der Waals surface area (Å²) < 4.78 is 45.0. The molecule has 2 heterocycles. The molecular weight excluding hydrogens is 357 g/mol. The van der Waals surface area contributed by atoms with Crippen LogP contribution in [0.2, 0.25) is 5.02 Å². The van der Waals surface area contributed by atoms with E-state index in [1.54, 1.807) is 31.2 Å². The number of halogens is 4. The first-order valence-electron chi connectivity index (χ1n) is 7.33. The maximum Gasteiger partial charge on any atom is 0.417 e. The fraction of sp³-hybridized carbons (Fsp3) is 0.176. The third-order valence-corrected chi connectivity index (χ3v) is 3.81. The van der Waals surface area contributed by atoms with Crippen molar-refractivity contribution >= 4 is 23.2 Å². The third kappa shape index (κ3) is 3.32. The van der Waals surface area contributed by atoms with E-state index in [9.17, 15) is 18.0 Å². The highest BCUT2D eigenvalue weighted by molar-refractivity contribution is 6.33. The van der Waals surface area contributed by atoms with Crippen molar-refractivity contribution in [1.82, 2.24) is 9.38 Å². The average molecular weight is 369 g/mol. The normalized spacial score (nSPS) is 11.7. The van der Waals surface area contributed by atoms with E-state index in [0.717, 1.165) is 12.3 Å². The van der Waals surface area contributed by atoms with Crippen LogP contribution < -0.4 is 0 Å². The Bertz CT molecular complexity index is 951. The van der Waals surface area contributed by atoms with Gasteiger partial charge in [-0.3, -0.25) is 0 Å². The van der Waals surface area contributed by atoms with Gasteiger partial charge in [0.15, 0.2) is 5.65 Å². The summed E-state index contributed by atoms with van der Waals surface area (Å²) in [5.74, 6) is -0.530. The maximum absolute atomic E-state index is 12.9. The van der Waals surface area contributed by atoms with Gasteiger partial charge >= 0.3 is 12.1 Å². The van der Waals surface area contributed by atoms with Crippen molar-refractivity contribution in [2.45, 2.75) is 13.1 Å². The van der Waals surface area contributed by atoms with Crippen LogP contribution in [0.4, 0.5) is 13.2 Å². The van der Waals surface area contributed by atoms with Crippen LogP contribution in [-0.4, -0.2) is 22.0 Å². The van der Waals surface area contributed by atoms with Gasteiger partial charge in [-0.05, 0) is 19.1 Å². The standard InChI is InChI=1S/C17H12ClF3N2O2/c1-2-25-16(24)12-6-4-3-5-11(12)14-9-23-8-10(17(19,20)21)7-13(18)15(23)22-14/h3-9H,2H2,1H3. The average Bonchev–Trinajstić information content (AvgIpc) is 2.99. The van der Waals surface area contributed by atoms with E-state index < -0.39 is 17.7 Å². The van der Waals surface area contributed by atoms with Crippen LogP contribution in [0.1, 0.15) is 22.8 Å². The highest BCUT2D eigenvalue weighted by Crippen LogP contribution is 2.33. The van der Waals surface area contributed by atoms with E-state index in [-0.39, 0.29) is 22.8 Å². The smallest absolute Gasteiger partial charge is 0.417 e. The summed E-state index contributed by atoms with van der Waals surface area (Å²) in [5.41, 5.74) is 0.343. The number of hydrogen-bond acceptors (Lipinski definition) is 3. The predicted molar refractivity (Wildman–Crippen MR) is 86.6 cm³/mol. The Balaban J connectivity index is 2.15. The Kier molecular flexibility index (Phi) is 4.43. The minimum absolute atomic E-state index is 0.130. The monoisotopic (exact) mass is 368 g/mol. The molecule has 0 spiro atoms. The number of carbonyl (C=O) groups excluding carboxylic acids is 1. The molecule has 25 heavy (non-hydrogen) atoms. The number of fused-ring (bicyclic) bond motifs is 1. The molecule has 0 N–H and O–H groups in total. The lowest BCUT2D eigenvalue weighted by molar-refractivity contribution is -0.137. The van der Waals surface area contributed by atoms with Crippen LogP contribution in [0.5, 0.6) is 0 Å². The van der Waals surface area contributed by atoms with E-state index >= 15 is 0 Å². The van der Waals surface area contributed by atoms with Gasteiger partial charge in [-0.15, -0.1) is 0 Å². The van der Waals surface area contributed by atoms with Crippen molar-refractivity contribution in [2.75, 3.05) is 6.61 Å². The topological polar surface area (TPSA) is 43.6 Å². The van der Waals surface area contributed by atoms with E-state index in [0.29, 0.717) is 11.3 Å². The lowest BCUT2D eigenvalue weighted by atomic mass is 10.1. The Hall–Kier alpha value is -2.54. The number of carbonyl (C=O) groups is 1. The van der Waals surface area contributed by atoms with Gasteiger partial charge in [0.25, 0.3) is 0 Å². The SMILES string of the molecule is CCOC(=O)c1ccccc1-c1cn2cc(C(F)(F)F)cc(Cl)c2n1. The van der Waals surface area contributed by atoms with Crippen molar-refractivity contribution < 1.29 is 22.7 Å². The molecular formula is C17H12ClF3N2O2. The second kappa shape index (κ2) is 6.40. The number of pyridine rings is 1. The van der Waals surface area contributed by atoms with Gasteiger partial charge in [-0.1, -0.05) is 29.8 Å². The van der Waals surface area contributed by atoms with Crippen LogP contribution in [-0.2, 0) is 10.9 Å². The number of imidazole rings is 1. The molecule has 130 valence electrons. The Morgan fingerprint density at radius 2 is 2.00 bits per heavy atom. The summed E-state index contributed by atoms with van der Waals surface area (Å²) in [4.78, 5) is 16.3. The highest BCUT2D eigenvalue weighted by atomic mass is 35.5. The zero-order valence-electron chi connectivity index (χ0n) is 13.0. The van der Waals surface area contributed by atoms with Crippen LogP contribution in [0.15, 0.2) is 42.7 Å². The lowest BCUT2D eigenvalue weighted by Crippen LogP contribution is -2.06. The van der Waals surface area contributed by atoms with Gasteiger partial charge in [0.1, 0.15) is 0 Å². The second-order valence-electron chi connectivity index (χ2n) is 5.20. The number of ether oxygens (including phenoxy) is 1. The highest BCUT2D eigenvalue weighted by Gasteiger charge is 2.32. The van der Waals surface area contributed by atoms with Gasteiger partial charge in [0.05, 0.1) is 28.5 Å². The van der Waals surface area contributed by atoms with E-state index in [1.807, 2.05) is 0 Å². The second-order valence-corrected chi connectivity index (χ2v) is 5.60. The largest absolute Gasteiger partial charge is 0.462 e. The molecule has 8 heteroatoms. The molecule has 0 aliphatic heterocycles. The van der Waals surface area contributed by atoms with Crippen molar-refractivity contribution in [3.63, 3.8) is 0 Å². The van der Waals surface area contributed by atoms with Crippen LogP contribution >= 0.6 is 11.6 Å². The summed E-state index contributed by atoms with van der Waals surface area (Å²) in [6.45, 7) is 1.89. The molecule has 0 saturated carbocycles. The molecule has 0 bridgehead atoms. The summed E-state index contributed by atoms with van der Waals surface area (Å²) in [7, 11) is 0. The molecule has 0 amide bonds. The molecule has 0 fully saturated rings. The summed E-state index contributed by atoms with van der Waals surface area (Å²) in [6.07, 6.45) is -2.22. The zero-order valence-corrected chi connectivity index (χ0v) is 13.7. The van der Waals surface area contributed by atoms with Gasteiger partial charge in [0, 0.05) is 18.0 Å². The maximum atomic E-state index is 12.9. The number of esters is 1. The number of rotatable bonds is 3. The van der Waals surface area contributed by atoms with Crippen molar-refractivity contribution in [1.29, 1.82) is 0 Å². The molecule has 0 radical (unpaired) electrons.